The lowest BCUT2D eigenvalue weighted by molar-refractivity contribution is 0.0166. The molecule has 4 aromatic rings. The van der Waals surface area contributed by atoms with Crippen molar-refractivity contribution in [2.75, 3.05) is 22.1 Å². The Hall–Kier alpha value is -5.02. The van der Waals surface area contributed by atoms with E-state index in [1.807, 2.05) is 55.7 Å². The van der Waals surface area contributed by atoms with Crippen LogP contribution in [0.15, 0.2) is 67.3 Å². The highest BCUT2D eigenvalue weighted by Gasteiger charge is 2.32. The molecule has 2 aliphatic carbocycles. The number of benzene rings is 1. The van der Waals surface area contributed by atoms with Crippen LogP contribution in [0.5, 0.6) is 0 Å². The van der Waals surface area contributed by atoms with Crippen LogP contribution < -0.4 is 20.9 Å². The Labute approximate surface area is 275 Å². The average molecular weight is 635 g/mol. The Kier molecular flexibility index (Phi) is 9.92. The number of hydrogen-bond acceptors (Lipinski definition) is 9. The molecule has 0 atom stereocenters. The number of nitriles is 1. The molecule has 0 radical (unpaired) electrons. The maximum atomic E-state index is 13.7. The van der Waals surface area contributed by atoms with Gasteiger partial charge in [0.15, 0.2) is 0 Å². The van der Waals surface area contributed by atoms with Crippen molar-refractivity contribution in [1.29, 1.82) is 5.26 Å². The maximum Gasteiger partial charge on any atom is 0.323 e. The maximum absolute atomic E-state index is 13.7. The Bertz CT molecular complexity index is 1670. The van der Waals surface area contributed by atoms with Crippen molar-refractivity contribution in [3.63, 3.8) is 0 Å². The number of rotatable bonds is 10. The number of amides is 2. The first-order chi connectivity index (χ1) is 22.9. The molecule has 0 saturated heterocycles. The molecular formula is C35H42N10O2. The van der Waals surface area contributed by atoms with Gasteiger partial charge < -0.3 is 21.1 Å². The van der Waals surface area contributed by atoms with E-state index in [2.05, 4.69) is 37.1 Å². The van der Waals surface area contributed by atoms with E-state index >= 15 is 0 Å². The Morgan fingerprint density at radius 1 is 1.02 bits per heavy atom. The summed E-state index contributed by atoms with van der Waals surface area (Å²) in [5.41, 5.74) is 2.49. The number of aliphatic hydroxyl groups is 1. The second-order valence-corrected chi connectivity index (χ2v) is 12.7. The largest absolute Gasteiger partial charge is 0.388 e. The van der Waals surface area contributed by atoms with Crippen molar-refractivity contribution in [2.24, 2.45) is 7.05 Å². The third kappa shape index (κ3) is 8.04. The Balaban J connectivity index is 1.12. The van der Waals surface area contributed by atoms with Crippen molar-refractivity contribution in [2.45, 2.75) is 82.0 Å². The molecule has 12 heteroatoms. The summed E-state index contributed by atoms with van der Waals surface area (Å²) in [6, 6.07) is 15.8. The molecule has 0 spiro atoms. The number of urea groups is 1. The molecule has 2 amide bonds. The lowest BCUT2D eigenvalue weighted by Gasteiger charge is -2.36. The van der Waals surface area contributed by atoms with Gasteiger partial charge in [0, 0.05) is 55.7 Å². The van der Waals surface area contributed by atoms with E-state index in [1.54, 1.807) is 22.0 Å². The molecule has 1 aromatic carbocycles. The first-order valence-corrected chi connectivity index (χ1v) is 16.5. The molecule has 4 N–H and O–H groups in total. The van der Waals surface area contributed by atoms with Gasteiger partial charge in [0.25, 0.3) is 0 Å². The molecule has 3 heterocycles. The molecule has 47 heavy (non-hydrogen) atoms. The molecule has 2 fully saturated rings. The number of aryl methyl sites for hydroxylation is 1. The molecular weight excluding hydrogens is 592 g/mol. The summed E-state index contributed by atoms with van der Waals surface area (Å²) >= 11 is 0. The van der Waals surface area contributed by atoms with Crippen molar-refractivity contribution in [3.05, 3.63) is 78.4 Å². The van der Waals surface area contributed by atoms with Crippen LogP contribution in [0.4, 0.5) is 22.4 Å². The van der Waals surface area contributed by atoms with Crippen molar-refractivity contribution >= 4 is 23.6 Å². The van der Waals surface area contributed by atoms with Gasteiger partial charge in [0.2, 0.25) is 5.95 Å². The number of anilines is 3. The van der Waals surface area contributed by atoms with Crippen molar-refractivity contribution < 1.29 is 9.90 Å². The minimum Gasteiger partial charge on any atom is -0.388 e. The zero-order chi connectivity index (χ0) is 32.6. The summed E-state index contributed by atoms with van der Waals surface area (Å²) in [6.45, 7) is 0.771. The second-order valence-electron chi connectivity index (χ2n) is 12.7. The number of nitrogens with one attached hydrogen (secondary N) is 3. The Morgan fingerprint density at radius 3 is 2.49 bits per heavy atom. The fourth-order valence-electron chi connectivity index (χ4n) is 6.55. The average Bonchev–Trinajstić information content (AvgIpc) is 3.54. The summed E-state index contributed by atoms with van der Waals surface area (Å²) in [5, 5.41) is 34.6. The van der Waals surface area contributed by atoms with Crippen molar-refractivity contribution in [3.8, 4) is 17.2 Å². The summed E-state index contributed by atoms with van der Waals surface area (Å²) in [4.78, 5) is 29.2. The SMILES string of the molecule is Cn1cc(-c2ccc(N(C(=O)NCc3ccccc3)C3CCC(Nc4ncc(C#N)c(NCC5(O)CCCCC5)n4)CC3)nc2)cn1. The van der Waals surface area contributed by atoms with Gasteiger partial charge in [0.1, 0.15) is 23.3 Å². The third-order valence-corrected chi connectivity index (χ3v) is 9.21. The predicted octanol–water partition coefficient (Wildman–Crippen LogP) is 5.39. The summed E-state index contributed by atoms with van der Waals surface area (Å²) in [5.74, 6) is 1.47. The zero-order valence-corrected chi connectivity index (χ0v) is 26.8. The highest BCUT2D eigenvalue weighted by atomic mass is 16.3. The van der Waals surface area contributed by atoms with Gasteiger partial charge in [-0.05, 0) is 56.2 Å². The first kappa shape index (κ1) is 31.9. The fourth-order valence-corrected chi connectivity index (χ4v) is 6.55. The van der Waals surface area contributed by atoms with Crippen LogP contribution in [0, 0.1) is 11.3 Å². The minimum atomic E-state index is -0.783. The predicted molar refractivity (Wildman–Crippen MR) is 181 cm³/mol. The van der Waals surface area contributed by atoms with Crippen molar-refractivity contribution in [1.82, 2.24) is 30.0 Å². The first-order valence-electron chi connectivity index (χ1n) is 16.5. The normalized spacial score (nSPS) is 18.9. The van der Waals surface area contributed by atoms with E-state index in [-0.39, 0.29) is 18.1 Å². The highest BCUT2D eigenvalue weighted by Crippen LogP contribution is 2.31. The molecule has 2 aliphatic rings. The lowest BCUT2D eigenvalue weighted by atomic mass is 9.85. The number of carbonyl (C=O) groups is 1. The summed E-state index contributed by atoms with van der Waals surface area (Å²) < 4.78 is 1.75. The van der Waals surface area contributed by atoms with Crippen LogP contribution in [-0.4, -0.2) is 60.1 Å². The fraction of sp³-hybridized carbons (Fsp3) is 0.429. The van der Waals surface area contributed by atoms with Gasteiger partial charge >= 0.3 is 6.03 Å². The van der Waals surface area contributed by atoms with Gasteiger partial charge in [-0.2, -0.15) is 15.3 Å². The molecule has 0 bridgehead atoms. The third-order valence-electron chi connectivity index (χ3n) is 9.21. The van der Waals surface area contributed by atoms with Gasteiger partial charge in [-0.25, -0.2) is 14.8 Å². The number of hydrogen-bond donors (Lipinski definition) is 4. The summed E-state index contributed by atoms with van der Waals surface area (Å²) in [6.07, 6.45) is 14.8. The monoisotopic (exact) mass is 634 g/mol. The van der Waals surface area contributed by atoms with E-state index < -0.39 is 5.60 Å². The molecule has 6 rings (SSSR count). The smallest absolute Gasteiger partial charge is 0.323 e. The number of aromatic nitrogens is 5. The van der Waals surface area contributed by atoms with Crippen LogP contribution in [0.2, 0.25) is 0 Å². The second kappa shape index (κ2) is 14.6. The van der Waals surface area contributed by atoms with E-state index in [9.17, 15) is 15.2 Å². The number of pyridine rings is 1. The van der Waals surface area contributed by atoms with Crippen LogP contribution in [-0.2, 0) is 13.6 Å². The van der Waals surface area contributed by atoms with Gasteiger partial charge in [-0.1, -0.05) is 49.6 Å². The molecule has 244 valence electrons. The van der Waals surface area contributed by atoms with Gasteiger partial charge in [-0.3, -0.25) is 9.58 Å². The van der Waals surface area contributed by atoms with E-state index in [4.69, 9.17) is 4.98 Å². The van der Waals surface area contributed by atoms with E-state index in [0.717, 1.165) is 74.5 Å². The van der Waals surface area contributed by atoms with E-state index in [1.165, 1.54) is 6.20 Å². The number of carbonyl (C=O) groups excluding carboxylic acids is 1. The molecule has 2 saturated carbocycles. The Morgan fingerprint density at radius 2 is 1.81 bits per heavy atom. The van der Waals surface area contributed by atoms with Crippen LogP contribution in [0.1, 0.15) is 68.9 Å². The van der Waals surface area contributed by atoms with E-state index in [0.29, 0.717) is 36.2 Å². The highest BCUT2D eigenvalue weighted by molar-refractivity contribution is 5.91. The lowest BCUT2D eigenvalue weighted by Crippen LogP contribution is -2.49. The van der Waals surface area contributed by atoms with Gasteiger partial charge in [0.05, 0.1) is 18.0 Å². The van der Waals surface area contributed by atoms with Gasteiger partial charge in [-0.15, -0.1) is 0 Å². The molecule has 0 aliphatic heterocycles. The summed E-state index contributed by atoms with van der Waals surface area (Å²) in [7, 11) is 1.88. The molecule has 0 unspecified atom stereocenters. The van der Waals surface area contributed by atoms with Crippen LogP contribution >= 0.6 is 0 Å². The minimum absolute atomic E-state index is 0.0455. The molecule has 12 nitrogen and oxygen atoms in total. The standard InChI is InChI=1S/C35H42N10O2/c1-44-23-28(22-41-44)26-10-15-31(37-20-26)45(34(46)39-19-25-8-4-2-5-9-25)30-13-11-29(12-14-30)42-33-38-21-27(18-36)32(43-33)40-24-35(47)16-6-3-7-17-35/h2,4-5,8-10,15,20-23,29-30,47H,3,6-7,11-14,16-17,19,24H2,1H3,(H,39,46)(H2,38,40,42,43). The zero-order valence-electron chi connectivity index (χ0n) is 26.8. The quantitative estimate of drug-likeness (QED) is 0.180. The van der Waals surface area contributed by atoms with Crippen LogP contribution in [0.25, 0.3) is 11.1 Å². The topological polar surface area (TPSA) is 157 Å². The molecule has 3 aromatic heterocycles. The van der Waals surface area contributed by atoms with Crippen LogP contribution in [0.3, 0.4) is 0 Å². The number of nitrogens with zero attached hydrogens (tertiary/aromatic N) is 7.